The summed E-state index contributed by atoms with van der Waals surface area (Å²) in [6.45, 7) is 2.38. The number of morpholine rings is 1. The van der Waals surface area contributed by atoms with Crippen molar-refractivity contribution < 1.29 is 19.4 Å². The highest BCUT2D eigenvalue weighted by Crippen LogP contribution is 2.43. The first-order valence-electron chi connectivity index (χ1n) is 8.82. The fourth-order valence-corrected chi connectivity index (χ4v) is 4.36. The molecule has 25 heavy (non-hydrogen) atoms. The van der Waals surface area contributed by atoms with E-state index in [1.54, 1.807) is 4.90 Å². The van der Waals surface area contributed by atoms with Gasteiger partial charge in [0.05, 0.1) is 18.1 Å². The fraction of sp³-hybridized carbons (Fsp3) is 0.579. The highest BCUT2D eigenvalue weighted by molar-refractivity contribution is 6.30. The maximum absolute atomic E-state index is 13.4. The maximum Gasteiger partial charge on any atom is 0.334 e. The van der Waals surface area contributed by atoms with E-state index >= 15 is 0 Å². The lowest BCUT2D eigenvalue weighted by Crippen LogP contribution is -2.55. The molecule has 136 valence electrons. The third kappa shape index (κ3) is 3.98. The summed E-state index contributed by atoms with van der Waals surface area (Å²) in [6, 6.07) is 7.65. The molecule has 0 bridgehead atoms. The van der Waals surface area contributed by atoms with Crippen molar-refractivity contribution in [2.45, 2.75) is 51.2 Å². The van der Waals surface area contributed by atoms with Gasteiger partial charge in [-0.25, -0.2) is 4.79 Å². The van der Waals surface area contributed by atoms with Gasteiger partial charge in [0, 0.05) is 11.6 Å². The summed E-state index contributed by atoms with van der Waals surface area (Å²) in [7, 11) is 0. The molecule has 1 amide bonds. The molecule has 1 aliphatic carbocycles. The number of nitrogens with zero attached hydrogens (tertiary/aromatic N) is 1. The number of carbonyl (C=O) groups is 2. The number of aliphatic carboxylic acids is 1. The first kappa shape index (κ1) is 18.2. The van der Waals surface area contributed by atoms with Crippen LogP contribution in [-0.2, 0) is 20.7 Å². The molecule has 0 aromatic heterocycles. The van der Waals surface area contributed by atoms with Crippen LogP contribution in [0.5, 0.6) is 0 Å². The van der Waals surface area contributed by atoms with Gasteiger partial charge in [0.25, 0.3) is 0 Å². The molecule has 2 atom stereocenters. The summed E-state index contributed by atoms with van der Waals surface area (Å²) >= 11 is 6.10. The Hall–Kier alpha value is -1.59. The molecule has 1 aliphatic heterocycles. The van der Waals surface area contributed by atoms with Gasteiger partial charge in [-0.05, 0) is 43.9 Å². The fourth-order valence-electron chi connectivity index (χ4n) is 4.14. The largest absolute Gasteiger partial charge is 0.479 e. The molecule has 1 aromatic rings. The Balaban J connectivity index is 1.82. The molecule has 1 saturated carbocycles. The Kier molecular flexibility index (Phi) is 5.35. The second-order valence-corrected chi connectivity index (χ2v) is 7.71. The van der Waals surface area contributed by atoms with Crippen molar-refractivity contribution in [2.75, 3.05) is 13.1 Å². The molecule has 1 heterocycles. The van der Waals surface area contributed by atoms with E-state index in [0.29, 0.717) is 18.0 Å². The van der Waals surface area contributed by atoms with Gasteiger partial charge >= 0.3 is 5.97 Å². The molecule has 2 aliphatic rings. The number of ether oxygens (including phenoxy) is 1. The quantitative estimate of drug-likeness (QED) is 0.890. The van der Waals surface area contributed by atoms with Gasteiger partial charge < -0.3 is 14.7 Å². The van der Waals surface area contributed by atoms with Crippen LogP contribution >= 0.6 is 11.6 Å². The number of carboxylic acids is 1. The first-order valence-corrected chi connectivity index (χ1v) is 9.19. The van der Waals surface area contributed by atoms with Crippen molar-refractivity contribution in [3.8, 4) is 0 Å². The highest BCUT2D eigenvalue weighted by Gasteiger charge is 2.45. The summed E-state index contributed by atoms with van der Waals surface area (Å²) in [5, 5.41) is 9.94. The monoisotopic (exact) mass is 365 g/mol. The van der Waals surface area contributed by atoms with Crippen LogP contribution in [0.4, 0.5) is 0 Å². The Labute approximate surface area is 152 Å². The van der Waals surface area contributed by atoms with Gasteiger partial charge in [-0.3, -0.25) is 4.79 Å². The zero-order valence-corrected chi connectivity index (χ0v) is 15.2. The number of hydrogen-bond acceptors (Lipinski definition) is 3. The Bertz CT molecular complexity index is 657. The number of rotatable bonds is 4. The second kappa shape index (κ2) is 7.34. The van der Waals surface area contributed by atoms with Crippen molar-refractivity contribution in [3.63, 3.8) is 0 Å². The molecule has 3 rings (SSSR count). The van der Waals surface area contributed by atoms with E-state index in [1.807, 2.05) is 31.2 Å². The van der Waals surface area contributed by atoms with Crippen LogP contribution in [0.1, 0.15) is 38.2 Å². The molecule has 5 nitrogen and oxygen atoms in total. The van der Waals surface area contributed by atoms with E-state index in [0.717, 1.165) is 31.2 Å². The van der Waals surface area contributed by atoms with Crippen LogP contribution in [-0.4, -0.2) is 47.2 Å². The predicted molar refractivity (Wildman–Crippen MR) is 94.6 cm³/mol. The third-order valence-electron chi connectivity index (χ3n) is 5.27. The Morgan fingerprint density at radius 1 is 1.32 bits per heavy atom. The van der Waals surface area contributed by atoms with Crippen LogP contribution in [0.25, 0.3) is 0 Å². The van der Waals surface area contributed by atoms with Crippen LogP contribution in [0.3, 0.4) is 0 Å². The number of benzene rings is 1. The minimum atomic E-state index is -1.01. The van der Waals surface area contributed by atoms with Crippen molar-refractivity contribution in [1.29, 1.82) is 0 Å². The average molecular weight is 366 g/mol. The summed E-state index contributed by atoms with van der Waals surface area (Å²) in [5.41, 5.74) is 0.601. The molecular formula is C19H24ClNO4. The van der Waals surface area contributed by atoms with Crippen LogP contribution in [0.15, 0.2) is 24.3 Å². The molecular weight excluding hydrogens is 342 g/mol. The van der Waals surface area contributed by atoms with Gasteiger partial charge in [-0.2, -0.15) is 0 Å². The van der Waals surface area contributed by atoms with E-state index < -0.39 is 17.5 Å². The molecule has 1 saturated heterocycles. The number of carbonyl (C=O) groups excluding carboxylic acids is 1. The first-order chi connectivity index (χ1) is 11.9. The summed E-state index contributed by atoms with van der Waals surface area (Å²) in [5.74, 6) is -0.953. The number of amides is 1. The zero-order valence-electron chi connectivity index (χ0n) is 14.4. The summed E-state index contributed by atoms with van der Waals surface area (Å²) in [6.07, 6.45) is 3.14. The van der Waals surface area contributed by atoms with Crippen molar-refractivity contribution in [2.24, 2.45) is 5.41 Å². The van der Waals surface area contributed by atoms with Gasteiger partial charge in [-0.15, -0.1) is 0 Å². The lowest BCUT2D eigenvalue weighted by atomic mass is 9.78. The number of hydrogen-bond donors (Lipinski definition) is 1. The lowest BCUT2D eigenvalue weighted by molar-refractivity contribution is -0.170. The van der Waals surface area contributed by atoms with E-state index in [-0.39, 0.29) is 18.6 Å². The highest BCUT2D eigenvalue weighted by atomic mass is 35.5. The summed E-state index contributed by atoms with van der Waals surface area (Å²) in [4.78, 5) is 26.4. The van der Waals surface area contributed by atoms with Gasteiger partial charge in [0.2, 0.25) is 5.91 Å². The van der Waals surface area contributed by atoms with E-state index in [2.05, 4.69) is 0 Å². The average Bonchev–Trinajstić information content (AvgIpc) is 3.03. The molecule has 2 fully saturated rings. The zero-order chi connectivity index (χ0) is 18.0. The van der Waals surface area contributed by atoms with Gasteiger partial charge in [0.1, 0.15) is 0 Å². The van der Waals surface area contributed by atoms with Crippen LogP contribution in [0, 0.1) is 5.41 Å². The third-order valence-corrected chi connectivity index (χ3v) is 5.50. The SMILES string of the molecule is C[C@@H]1CN(C(=O)C2(Cc3cccc(Cl)c3)CCCC2)CC(C(=O)O)O1. The van der Waals surface area contributed by atoms with Crippen molar-refractivity contribution >= 4 is 23.5 Å². The normalized spacial score (nSPS) is 25.8. The van der Waals surface area contributed by atoms with E-state index in [4.69, 9.17) is 16.3 Å². The van der Waals surface area contributed by atoms with Crippen LogP contribution in [0.2, 0.25) is 5.02 Å². The standard InChI is InChI=1S/C19H24ClNO4/c1-13-11-21(12-16(25-13)17(22)23)18(24)19(7-2-3-8-19)10-14-5-4-6-15(20)9-14/h4-6,9,13,16H,2-3,7-8,10-12H2,1H3,(H,22,23)/t13-,16?/m1/s1. The Morgan fingerprint density at radius 2 is 2.04 bits per heavy atom. The predicted octanol–water partition coefficient (Wildman–Crippen LogP) is 3.14. The molecule has 6 heteroatoms. The second-order valence-electron chi connectivity index (χ2n) is 7.28. The summed E-state index contributed by atoms with van der Waals surface area (Å²) < 4.78 is 5.45. The Morgan fingerprint density at radius 3 is 2.68 bits per heavy atom. The maximum atomic E-state index is 13.4. The van der Waals surface area contributed by atoms with Crippen molar-refractivity contribution in [1.82, 2.24) is 4.90 Å². The minimum Gasteiger partial charge on any atom is -0.479 e. The van der Waals surface area contributed by atoms with Crippen LogP contribution < -0.4 is 0 Å². The van der Waals surface area contributed by atoms with Gasteiger partial charge in [-0.1, -0.05) is 36.6 Å². The van der Waals surface area contributed by atoms with E-state index in [9.17, 15) is 14.7 Å². The van der Waals surface area contributed by atoms with Gasteiger partial charge in [0.15, 0.2) is 6.10 Å². The van der Waals surface area contributed by atoms with E-state index in [1.165, 1.54) is 0 Å². The number of carboxylic acid groups (broad SMARTS) is 1. The van der Waals surface area contributed by atoms with Crippen molar-refractivity contribution in [3.05, 3.63) is 34.9 Å². The minimum absolute atomic E-state index is 0.0615. The lowest BCUT2D eigenvalue weighted by Gasteiger charge is -2.40. The smallest absolute Gasteiger partial charge is 0.334 e. The molecule has 1 N–H and O–H groups in total. The molecule has 0 radical (unpaired) electrons. The topological polar surface area (TPSA) is 66.8 Å². The number of halogens is 1. The molecule has 0 spiro atoms. The molecule has 1 aromatic carbocycles. The molecule has 1 unspecified atom stereocenters.